The summed E-state index contributed by atoms with van der Waals surface area (Å²) in [7, 11) is 0. The summed E-state index contributed by atoms with van der Waals surface area (Å²) < 4.78 is 42.8. The molecule has 1 aliphatic heterocycles. The van der Waals surface area contributed by atoms with Gasteiger partial charge in [-0.3, -0.25) is 4.57 Å². The monoisotopic (exact) mass is 567 g/mol. The van der Waals surface area contributed by atoms with Gasteiger partial charge in [-0.05, 0) is 55.3 Å². The number of anilines is 1. The zero-order valence-electron chi connectivity index (χ0n) is 19.8. The zero-order chi connectivity index (χ0) is 27.0. The first-order chi connectivity index (χ1) is 18.1. The third-order valence-corrected chi connectivity index (χ3v) is 6.61. The van der Waals surface area contributed by atoms with Crippen LogP contribution in [0.15, 0.2) is 53.3 Å². The van der Waals surface area contributed by atoms with Crippen LogP contribution >= 0.6 is 23.2 Å². The van der Waals surface area contributed by atoms with E-state index in [0.29, 0.717) is 27.2 Å². The number of alkyl halides is 3. The second-order valence-electron chi connectivity index (χ2n) is 8.85. The summed E-state index contributed by atoms with van der Waals surface area (Å²) in [6.07, 6.45) is -5.69. The number of aliphatic hydroxyl groups excluding tert-OH is 1. The molecular formula is C24H22Cl2F3N7O2. The van der Waals surface area contributed by atoms with Crippen molar-refractivity contribution in [3.05, 3.63) is 74.9 Å². The van der Waals surface area contributed by atoms with Gasteiger partial charge in [0, 0.05) is 28.7 Å². The molecule has 38 heavy (non-hydrogen) atoms. The highest BCUT2D eigenvalue weighted by molar-refractivity contribution is 6.31. The number of hydrogen-bond donors (Lipinski definition) is 1. The Kier molecular flexibility index (Phi) is 7.21. The molecule has 9 nitrogen and oxygen atoms in total. The van der Waals surface area contributed by atoms with Gasteiger partial charge in [0.1, 0.15) is 6.54 Å². The largest absolute Gasteiger partial charge is 0.416 e. The molecule has 1 fully saturated rings. The second kappa shape index (κ2) is 10.4. The number of aromatic nitrogens is 6. The van der Waals surface area contributed by atoms with Gasteiger partial charge in [-0.2, -0.15) is 22.8 Å². The molecule has 0 bridgehead atoms. The van der Waals surface area contributed by atoms with E-state index in [1.54, 1.807) is 22.9 Å². The smallest absolute Gasteiger partial charge is 0.382 e. The molecule has 14 heteroatoms. The molecule has 5 rings (SSSR count). The summed E-state index contributed by atoms with van der Waals surface area (Å²) in [5.74, 6) is 0.749. The molecule has 2 aromatic heterocycles. The first-order valence-electron chi connectivity index (χ1n) is 11.8. The Morgan fingerprint density at radius 2 is 1.71 bits per heavy atom. The SMILES string of the molecule is O=c1n(Cc2nc(N3CCCC3)n(-c3cccc(Cl)c3)n2)nc(-c2ccc(Cl)cc2)n1C[C@H](O)C(F)(F)F. The summed E-state index contributed by atoms with van der Waals surface area (Å²) in [6.45, 7) is 0.333. The van der Waals surface area contributed by atoms with E-state index in [9.17, 15) is 23.1 Å². The van der Waals surface area contributed by atoms with Crippen molar-refractivity contribution in [1.29, 1.82) is 0 Å². The van der Waals surface area contributed by atoms with Gasteiger partial charge in [-0.1, -0.05) is 29.3 Å². The van der Waals surface area contributed by atoms with E-state index in [-0.39, 0.29) is 18.2 Å². The standard InChI is InChI=1S/C24H22Cl2F3N7O2/c25-16-8-6-15(7-9-16)21-32-35(23(38)34(21)13-19(37)24(27,28)29)14-20-30-22(33-10-1-2-11-33)36(31-20)18-5-3-4-17(26)12-18/h3-9,12,19,37H,1-2,10-11,13-14H2/t19-/m0/s1. The molecule has 0 aliphatic carbocycles. The van der Waals surface area contributed by atoms with Crippen molar-refractivity contribution in [2.24, 2.45) is 0 Å². The Morgan fingerprint density at radius 1 is 1.00 bits per heavy atom. The molecule has 1 saturated heterocycles. The third kappa shape index (κ3) is 5.42. The van der Waals surface area contributed by atoms with Gasteiger partial charge < -0.3 is 10.0 Å². The minimum atomic E-state index is -4.92. The third-order valence-electron chi connectivity index (χ3n) is 6.13. The topological polar surface area (TPSA) is 94.0 Å². The highest BCUT2D eigenvalue weighted by Gasteiger charge is 2.39. The van der Waals surface area contributed by atoms with Gasteiger partial charge >= 0.3 is 11.9 Å². The van der Waals surface area contributed by atoms with E-state index in [1.165, 1.54) is 24.3 Å². The molecule has 1 N–H and O–H groups in total. The van der Waals surface area contributed by atoms with E-state index in [4.69, 9.17) is 23.2 Å². The number of benzene rings is 2. The van der Waals surface area contributed by atoms with Crippen molar-refractivity contribution in [3.63, 3.8) is 0 Å². The van der Waals surface area contributed by atoms with Crippen LogP contribution in [0.25, 0.3) is 17.1 Å². The lowest BCUT2D eigenvalue weighted by Gasteiger charge is -2.16. The summed E-state index contributed by atoms with van der Waals surface area (Å²) >= 11 is 12.1. The van der Waals surface area contributed by atoms with Crippen LogP contribution in [0.5, 0.6) is 0 Å². The number of nitrogens with zero attached hydrogens (tertiary/aromatic N) is 7. The molecule has 2 aromatic carbocycles. The maximum atomic E-state index is 13.2. The van der Waals surface area contributed by atoms with Crippen molar-refractivity contribution in [2.45, 2.75) is 38.2 Å². The lowest BCUT2D eigenvalue weighted by atomic mass is 10.2. The second-order valence-corrected chi connectivity index (χ2v) is 9.73. The maximum absolute atomic E-state index is 13.2. The number of halogens is 5. The van der Waals surface area contributed by atoms with Crippen molar-refractivity contribution < 1.29 is 18.3 Å². The molecule has 0 spiro atoms. The zero-order valence-corrected chi connectivity index (χ0v) is 21.3. The first kappa shape index (κ1) is 26.3. The van der Waals surface area contributed by atoms with E-state index in [1.807, 2.05) is 6.07 Å². The van der Waals surface area contributed by atoms with Crippen LogP contribution < -0.4 is 10.6 Å². The molecule has 0 amide bonds. The number of rotatable bonds is 7. The highest BCUT2D eigenvalue weighted by atomic mass is 35.5. The minimum Gasteiger partial charge on any atom is -0.382 e. The lowest BCUT2D eigenvalue weighted by molar-refractivity contribution is -0.207. The molecular weight excluding hydrogens is 546 g/mol. The normalized spacial score (nSPS) is 14.8. The predicted octanol–water partition coefficient (Wildman–Crippen LogP) is 4.17. The van der Waals surface area contributed by atoms with Crippen molar-refractivity contribution in [1.82, 2.24) is 29.1 Å². The molecule has 4 aromatic rings. The fourth-order valence-corrected chi connectivity index (χ4v) is 4.56. The Hall–Kier alpha value is -3.35. The van der Waals surface area contributed by atoms with Gasteiger partial charge in [-0.25, -0.2) is 9.48 Å². The van der Waals surface area contributed by atoms with Crippen LogP contribution in [0.2, 0.25) is 10.0 Å². The average molecular weight is 568 g/mol. The van der Waals surface area contributed by atoms with Crippen LogP contribution in [-0.2, 0) is 13.1 Å². The summed E-state index contributed by atoms with van der Waals surface area (Å²) in [5.41, 5.74) is 0.182. The fourth-order valence-electron chi connectivity index (χ4n) is 4.25. The lowest BCUT2D eigenvalue weighted by Crippen LogP contribution is -2.37. The highest BCUT2D eigenvalue weighted by Crippen LogP contribution is 2.26. The maximum Gasteiger partial charge on any atom is 0.416 e. The molecule has 3 heterocycles. The number of hydrogen-bond acceptors (Lipinski definition) is 6. The van der Waals surface area contributed by atoms with Gasteiger partial charge in [0.05, 0.1) is 12.2 Å². The first-order valence-corrected chi connectivity index (χ1v) is 12.5. The van der Waals surface area contributed by atoms with Gasteiger partial charge in [0.25, 0.3) is 0 Å². The van der Waals surface area contributed by atoms with Gasteiger partial charge in [0.2, 0.25) is 5.95 Å². The van der Waals surface area contributed by atoms with Crippen LogP contribution in [0.1, 0.15) is 18.7 Å². The molecule has 0 unspecified atom stereocenters. The van der Waals surface area contributed by atoms with Crippen molar-refractivity contribution in [3.8, 4) is 17.1 Å². The van der Waals surface area contributed by atoms with E-state index in [2.05, 4.69) is 20.1 Å². The molecule has 0 radical (unpaired) electrons. The Bertz CT molecular complexity index is 1490. The predicted molar refractivity (Wildman–Crippen MR) is 136 cm³/mol. The van der Waals surface area contributed by atoms with E-state index < -0.39 is 24.5 Å². The van der Waals surface area contributed by atoms with Crippen molar-refractivity contribution >= 4 is 29.2 Å². The van der Waals surface area contributed by atoms with E-state index in [0.717, 1.165) is 35.2 Å². The Balaban J connectivity index is 1.55. The van der Waals surface area contributed by atoms with Crippen LogP contribution in [0, 0.1) is 0 Å². The van der Waals surface area contributed by atoms with Crippen molar-refractivity contribution in [2.75, 3.05) is 18.0 Å². The average Bonchev–Trinajstić information content (AvgIpc) is 3.60. The molecule has 1 aliphatic rings. The summed E-state index contributed by atoms with van der Waals surface area (Å²) in [5, 5.41) is 19.5. The minimum absolute atomic E-state index is 0.0518. The molecule has 1 atom stereocenters. The fraction of sp³-hybridized carbons (Fsp3) is 0.333. The molecule has 0 saturated carbocycles. The van der Waals surface area contributed by atoms with Crippen LogP contribution in [0.4, 0.5) is 19.1 Å². The van der Waals surface area contributed by atoms with E-state index >= 15 is 0 Å². The van der Waals surface area contributed by atoms with Crippen LogP contribution in [-0.4, -0.2) is 59.6 Å². The van der Waals surface area contributed by atoms with Gasteiger partial charge in [0.15, 0.2) is 17.8 Å². The van der Waals surface area contributed by atoms with Gasteiger partial charge in [-0.15, -0.1) is 10.2 Å². The molecule has 200 valence electrons. The van der Waals surface area contributed by atoms with Crippen LogP contribution in [0.3, 0.4) is 0 Å². The summed E-state index contributed by atoms with van der Waals surface area (Å²) in [6, 6.07) is 13.2. The Labute approximate surface area is 224 Å². The quantitative estimate of drug-likeness (QED) is 0.360. The number of aliphatic hydroxyl groups is 1. The summed E-state index contributed by atoms with van der Waals surface area (Å²) in [4.78, 5) is 19.9. The Morgan fingerprint density at radius 3 is 2.37 bits per heavy atom.